The Hall–Kier alpha value is -2.20. The van der Waals surface area contributed by atoms with E-state index in [1.165, 1.54) is 23.0 Å². The SMILES string of the molecule is O=[N+]([O-])c1ccc(NCC(O)c2cncs2)cc1C(F)(F)F. The third-order valence-electron chi connectivity index (χ3n) is 2.78. The Morgan fingerprint density at radius 3 is 2.73 bits per heavy atom. The third-order valence-corrected chi connectivity index (χ3v) is 3.65. The van der Waals surface area contributed by atoms with E-state index < -0.39 is 28.5 Å². The first-order valence-corrected chi connectivity index (χ1v) is 6.83. The van der Waals surface area contributed by atoms with Crippen molar-refractivity contribution in [1.82, 2.24) is 4.98 Å². The number of aromatic nitrogens is 1. The van der Waals surface area contributed by atoms with Crippen molar-refractivity contribution in [1.29, 1.82) is 0 Å². The molecule has 1 atom stereocenters. The van der Waals surface area contributed by atoms with Gasteiger partial charge in [0.15, 0.2) is 0 Å². The zero-order chi connectivity index (χ0) is 16.3. The van der Waals surface area contributed by atoms with E-state index in [4.69, 9.17) is 0 Å². The normalized spacial score (nSPS) is 12.9. The topological polar surface area (TPSA) is 88.3 Å². The highest BCUT2D eigenvalue weighted by atomic mass is 32.1. The van der Waals surface area contributed by atoms with Crippen LogP contribution in [0.4, 0.5) is 24.5 Å². The molecule has 118 valence electrons. The number of nitro groups is 1. The average molecular weight is 333 g/mol. The van der Waals surface area contributed by atoms with Crippen molar-refractivity contribution in [2.24, 2.45) is 0 Å². The molecular weight excluding hydrogens is 323 g/mol. The molecule has 0 aliphatic carbocycles. The summed E-state index contributed by atoms with van der Waals surface area (Å²) in [5.41, 5.74) is -0.802. The van der Waals surface area contributed by atoms with E-state index in [9.17, 15) is 28.4 Å². The van der Waals surface area contributed by atoms with Gasteiger partial charge in [-0.2, -0.15) is 13.2 Å². The Balaban J connectivity index is 2.17. The minimum absolute atomic E-state index is 0.0292. The number of nitro benzene ring substituents is 1. The molecule has 1 heterocycles. The van der Waals surface area contributed by atoms with Crippen molar-refractivity contribution in [3.05, 3.63) is 50.5 Å². The summed E-state index contributed by atoms with van der Waals surface area (Å²) in [5, 5.41) is 23.1. The number of halogens is 3. The van der Waals surface area contributed by atoms with Crippen LogP contribution < -0.4 is 5.32 Å². The highest BCUT2D eigenvalue weighted by Gasteiger charge is 2.38. The molecule has 6 nitrogen and oxygen atoms in total. The Labute approximate surface area is 126 Å². The maximum absolute atomic E-state index is 12.8. The Morgan fingerprint density at radius 1 is 1.45 bits per heavy atom. The third kappa shape index (κ3) is 3.71. The molecule has 1 aromatic carbocycles. The highest BCUT2D eigenvalue weighted by Crippen LogP contribution is 2.37. The van der Waals surface area contributed by atoms with Crippen LogP contribution >= 0.6 is 11.3 Å². The first-order chi connectivity index (χ1) is 10.3. The Morgan fingerprint density at radius 2 is 2.18 bits per heavy atom. The lowest BCUT2D eigenvalue weighted by Crippen LogP contribution is -2.13. The number of benzene rings is 1. The van der Waals surface area contributed by atoms with Gasteiger partial charge in [-0.05, 0) is 12.1 Å². The molecule has 0 radical (unpaired) electrons. The number of aliphatic hydroxyl groups is 1. The summed E-state index contributed by atoms with van der Waals surface area (Å²) < 4.78 is 38.5. The molecule has 0 bridgehead atoms. The largest absolute Gasteiger partial charge is 0.423 e. The lowest BCUT2D eigenvalue weighted by atomic mass is 10.1. The molecule has 2 N–H and O–H groups in total. The molecule has 1 aromatic heterocycles. The molecule has 0 saturated heterocycles. The van der Waals surface area contributed by atoms with Gasteiger partial charge in [0.25, 0.3) is 5.69 Å². The molecule has 0 saturated carbocycles. The predicted molar refractivity (Wildman–Crippen MR) is 73.7 cm³/mol. The maximum Gasteiger partial charge on any atom is 0.423 e. The van der Waals surface area contributed by atoms with E-state index in [-0.39, 0.29) is 12.2 Å². The predicted octanol–water partition coefficient (Wildman–Crippen LogP) is 3.22. The van der Waals surface area contributed by atoms with Crippen molar-refractivity contribution in [2.75, 3.05) is 11.9 Å². The van der Waals surface area contributed by atoms with Gasteiger partial charge >= 0.3 is 6.18 Å². The van der Waals surface area contributed by atoms with E-state index in [2.05, 4.69) is 10.3 Å². The molecule has 0 spiro atoms. The summed E-state index contributed by atoms with van der Waals surface area (Å²) in [7, 11) is 0. The van der Waals surface area contributed by atoms with Gasteiger partial charge in [0.05, 0.1) is 15.3 Å². The lowest BCUT2D eigenvalue weighted by Gasteiger charge is -2.13. The minimum atomic E-state index is -4.84. The van der Waals surface area contributed by atoms with Gasteiger partial charge in [0, 0.05) is 24.5 Å². The summed E-state index contributed by atoms with van der Waals surface area (Å²) >= 11 is 1.21. The van der Waals surface area contributed by atoms with E-state index in [0.29, 0.717) is 10.9 Å². The lowest BCUT2D eigenvalue weighted by molar-refractivity contribution is -0.388. The van der Waals surface area contributed by atoms with Crippen LogP contribution in [0.2, 0.25) is 0 Å². The summed E-state index contributed by atoms with van der Waals surface area (Å²) in [6.07, 6.45) is -4.32. The summed E-state index contributed by atoms with van der Waals surface area (Å²) in [6, 6.07) is 2.59. The van der Waals surface area contributed by atoms with Crippen LogP contribution in [-0.2, 0) is 6.18 Å². The van der Waals surface area contributed by atoms with E-state index in [1.807, 2.05) is 0 Å². The summed E-state index contributed by atoms with van der Waals surface area (Å²) in [6.45, 7) is -0.0443. The van der Waals surface area contributed by atoms with Gasteiger partial charge in [-0.25, -0.2) is 0 Å². The minimum Gasteiger partial charge on any atom is -0.386 e. The van der Waals surface area contributed by atoms with Gasteiger partial charge in [-0.1, -0.05) is 0 Å². The monoisotopic (exact) mass is 333 g/mol. The fraction of sp³-hybridized carbons (Fsp3) is 0.250. The molecule has 0 aliphatic rings. The van der Waals surface area contributed by atoms with Gasteiger partial charge < -0.3 is 10.4 Å². The van der Waals surface area contributed by atoms with Crippen molar-refractivity contribution >= 4 is 22.7 Å². The summed E-state index contributed by atoms with van der Waals surface area (Å²) in [5.74, 6) is 0. The van der Waals surface area contributed by atoms with Gasteiger partial charge in [-0.3, -0.25) is 15.1 Å². The number of nitrogens with one attached hydrogen (secondary N) is 1. The number of thiazole rings is 1. The fourth-order valence-corrected chi connectivity index (χ4v) is 2.34. The van der Waals surface area contributed by atoms with Crippen LogP contribution in [0.15, 0.2) is 29.9 Å². The molecule has 0 amide bonds. The number of rotatable bonds is 5. The Kier molecular flexibility index (Phi) is 4.62. The molecule has 2 rings (SSSR count). The van der Waals surface area contributed by atoms with Crippen LogP contribution in [0, 0.1) is 10.1 Å². The van der Waals surface area contributed by atoms with Crippen LogP contribution in [0.3, 0.4) is 0 Å². The quantitative estimate of drug-likeness (QED) is 0.648. The maximum atomic E-state index is 12.8. The smallest absolute Gasteiger partial charge is 0.386 e. The number of anilines is 1. The second kappa shape index (κ2) is 6.28. The molecule has 2 aromatic rings. The van der Waals surface area contributed by atoms with E-state index in [0.717, 1.165) is 12.1 Å². The van der Waals surface area contributed by atoms with Crippen molar-refractivity contribution in [3.63, 3.8) is 0 Å². The zero-order valence-electron chi connectivity index (χ0n) is 10.9. The van der Waals surface area contributed by atoms with Gasteiger partial charge in [0.2, 0.25) is 0 Å². The fourth-order valence-electron chi connectivity index (χ4n) is 1.74. The first kappa shape index (κ1) is 16.2. The van der Waals surface area contributed by atoms with Crippen LogP contribution in [0.1, 0.15) is 16.5 Å². The molecule has 0 fully saturated rings. The summed E-state index contributed by atoms with van der Waals surface area (Å²) in [4.78, 5) is 13.9. The molecule has 0 aliphatic heterocycles. The van der Waals surface area contributed by atoms with Crippen LogP contribution in [0.5, 0.6) is 0 Å². The first-order valence-electron chi connectivity index (χ1n) is 5.95. The van der Waals surface area contributed by atoms with E-state index >= 15 is 0 Å². The molecule has 1 unspecified atom stereocenters. The standard InChI is InChI=1S/C12H10F3N3O3S/c13-12(14,15)8-3-7(1-2-9(8)18(20)21)17-4-10(19)11-5-16-6-22-11/h1-3,5-6,10,17,19H,4H2. The van der Waals surface area contributed by atoms with Gasteiger partial charge in [-0.15, -0.1) is 11.3 Å². The average Bonchev–Trinajstić information content (AvgIpc) is 2.97. The van der Waals surface area contributed by atoms with Gasteiger partial charge in [0.1, 0.15) is 11.7 Å². The van der Waals surface area contributed by atoms with E-state index in [1.54, 1.807) is 0 Å². The number of hydrogen-bond acceptors (Lipinski definition) is 6. The second-order valence-corrected chi connectivity index (χ2v) is 5.21. The zero-order valence-corrected chi connectivity index (χ0v) is 11.7. The number of nitrogens with zero attached hydrogens (tertiary/aromatic N) is 2. The van der Waals surface area contributed by atoms with Crippen molar-refractivity contribution in [3.8, 4) is 0 Å². The van der Waals surface area contributed by atoms with Crippen molar-refractivity contribution in [2.45, 2.75) is 12.3 Å². The molecule has 10 heteroatoms. The number of hydrogen-bond donors (Lipinski definition) is 2. The Bertz CT molecular complexity index is 661. The van der Waals surface area contributed by atoms with Crippen LogP contribution in [0.25, 0.3) is 0 Å². The van der Waals surface area contributed by atoms with Crippen LogP contribution in [-0.4, -0.2) is 21.6 Å². The van der Waals surface area contributed by atoms with Crippen molar-refractivity contribution < 1.29 is 23.2 Å². The highest BCUT2D eigenvalue weighted by molar-refractivity contribution is 7.09. The molecular formula is C12H10F3N3O3S. The molecule has 22 heavy (non-hydrogen) atoms. The second-order valence-electron chi connectivity index (χ2n) is 4.29. The number of alkyl halides is 3. The number of aliphatic hydroxyl groups excluding tert-OH is 1.